The van der Waals surface area contributed by atoms with Gasteiger partial charge in [0.2, 0.25) is 0 Å². The van der Waals surface area contributed by atoms with Gasteiger partial charge in [-0.1, -0.05) is 48.5 Å². The SMILES string of the molecule is CCOC(=O)/C=C/c1cccc(C(NC(=O)c2ccccc2)c2ccc(N(C)C)cc2)c1. The number of carbonyl (C=O) groups is 2. The molecule has 3 aromatic carbocycles. The Morgan fingerprint density at radius 2 is 1.66 bits per heavy atom. The van der Waals surface area contributed by atoms with Gasteiger partial charge < -0.3 is 15.0 Å². The molecular formula is C27H28N2O3. The fourth-order valence-electron chi connectivity index (χ4n) is 3.32. The van der Waals surface area contributed by atoms with E-state index in [2.05, 4.69) is 5.32 Å². The molecule has 3 rings (SSSR count). The lowest BCUT2D eigenvalue weighted by molar-refractivity contribution is -0.137. The summed E-state index contributed by atoms with van der Waals surface area (Å²) in [5.74, 6) is -0.536. The van der Waals surface area contributed by atoms with Crippen LogP contribution in [0, 0.1) is 0 Å². The van der Waals surface area contributed by atoms with E-state index in [1.165, 1.54) is 6.08 Å². The van der Waals surface area contributed by atoms with Crippen molar-refractivity contribution in [1.82, 2.24) is 5.32 Å². The molecule has 0 heterocycles. The number of carbonyl (C=O) groups excluding carboxylic acids is 2. The van der Waals surface area contributed by atoms with Crippen molar-refractivity contribution in [1.29, 1.82) is 0 Å². The highest BCUT2D eigenvalue weighted by atomic mass is 16.5. The Labute approximate surface area is 189 Å². The molecule has 1 unspecified atom stereocenters. The number of ether oxygens (including phenoxy) is 1. The van der Waals surface area contributed by atoms with Crippen LogP contribution in [0.25, 0.3) is 6.08 Å². The van der Waals surface area contributed by atoms with Gasteiger partial charge in [0.25, 0.3) is 5.91 Å². The molecule has 5 nitrogen and oxygen atoms in total. The normalized spacial score (nSPS) is 11.7. The monoisotopic (exact) mass is 428 g/mol. The minimum Gasteiger partial charge on any atom is -0.463 e. The summed E-state index contributed by atoms with van der Waals surface area (Å²) in [7, 11) is 3.98. The zero-order chi connectivity index (χ0) is 22.9. The highest BCUT2D eigenvalue weighted by molar-refractivity contribution is 5.94. The molecular weight excluding hydrogens is 400 g/mol. The van der Waals surface area contributed by atoms with Gasteiger partial charge in [0, 0.05) is 31.4 Å². The maximum Gasteiger partial charge on any atom is 0.330 e. The Hall–Kier alpha value is -3.86. The number of amides is 1. The lowest BCUT2D eigenvalue weighted by Crippen LogP contribution is -2.29. The van der Waals surface area contributed by atoms with Gasteiger partial charge >= 0.3 is 5.97 Å². The van der Waals surface area contributed by atoms with Crippen LogP contribution in [0.3, 0.4) is 0 Å². The van der Waals surface area contributed by atoms with Crippen molar-refractivity contribution in [3.8, 4) is 0 Å². The molecule has 1 amide bonds. The van der Waals surface area contributed by atoms with E-state index in [4.69, 9.17) is 4.74 Å². The van der Waals surface area contributed by atoms with Crippen molar-refractivity contribution < 1.29 is 14.3 Å². The number of nitrogens with one attached hydrogen (secondary N) is 1. The molecule has 0 bridgehead atoms. The number of benzene rings is 3. The van der Waals surface area contributed by atoms with Gasteiger partial charge in [-0.25, -0.2) is 4.79 Å². The quantitative estimate of drug-likeness (QED) is 0.412. The summed E-state index contributed by atoms with van der Waals surface area (Å²) >= 11 is 0. The highest BCUT2D eigenvalue weighted by Gasteiger charge is 2.18. The van der Waals surface area contributed by atoms with E-state index in [1.807, 2.05) is 85.7 Å². The number of anilines is 1. The smallest absolute Gasteiger partial charge is 0.330 e. The van der Waals surface area contributed by atoms with E-state index in [1.54, 1.807) is 25.1 Å². The number of hydrogen-bond acceptors (Lipinski definition) is 4. The van der Waals surface area contributed by atoms with Crippen LogP contribution in [0.5, 0.6) is 0 Å². The van der Waals surface area contributed by atoms with Crippen LogP contribution in [-0.4, -0.2) is 32.6 Å². The Kier molecular flexibility index (Phi) is 7.81. The second-order valence-corrected chi connectivity index (χ2v) is 7.51. The summed E-state index contributed by atoms with van der Waals surface area (Å²) in [6.45, 7) is 2.10. The Balaban J connectivity index is 1.94. The lowest BCUT2D eigenvalue weighted by Gasteiger charge is -2.22. The second-order valence-electron chi connectivity index (χ2n) is 7.51. The van der Waals surface area contributed by atoms with Crippen LogP contribution in [0.1, 0.15) is 40.0 Å². The van der Waals surface area contributed by atoms with Crippen LogP contribution in [0.4, 0.5) is 5.69 Å². The summed E-state index contributed by atoms with van der Waals surface area (Å²) in [5, 5.41) is 3.16. The molecule has 164 valence electrons. The maximum absolute atomic E-state index is 13.0. The minimum absolute atomic E-state index is 0.153. The third-order valence-electron chi connectivity index (χ3n) is 5.00. The molecule has 3 aromatic rings. The van der Waals surface area contributed by atoms with Crippen LogP contribution in [0.2, 0.25) is 0 Å². The third-order valence-corrected chi connectivity index (χ3v) is 5.00. The van der Waals surface area contributed by atoms with E-state index in [9.17, 15) is 9.59 Å². The molecule has 0 saturated carbocycles. The predicted octanol–water partition coefficient (Wildman–Crippen LogP) is 4.85. The Morgan fingerprint density at radius 3 is 2.31 bits per heavy atom. The van der Waals surface area contributed by atoms with Crippen molar-refractivity contribution in [2.45, 2.75) is 13.0 Å². The fraction of sp³-hybridized carbons (Fsp3) is 0.185. The molecule has 5 heteroatoms. The molecule has 1 atom stereocenters. The summed E-state index contributed by atoms with van der Waals surface area (Å²) in [4.78, 5) is 26.7. The average molecular weight is 429 g/mol. The molecule has 0 aromatic heterocycles. The van der Waals surface area contributed by atoms with Crippen molar-refractivity contribution >= 4 is 23.6 Å². The number of nitrogens with zero attached hydrogens (tertiary/aromatic N) is 1. The van der Waals surface area contributed by atoms with Crippen molar-refractivity contribution in [3.05, 3.63) is 107 Å². The van der Waals surface area contributed by atoms with Crippen molar-refractivity contribution in [2.75, 3.05) is 25.6 Å². The van der Waals surface area contributed by atoms with E-state index in [0.29, 0.717) is 12.2 Å². The van der Waals surface area contributed by atoms with Gasteiger partial charge in [-0.05, 0) is 60.0 Å². The van der Waals surface area contributed by atoms with Crippen molar-refractivity contribution in [3.63, 3.8) is 0 Å². The van der Waals surface area contributed by atoms with Crippen molar-refractivity contribution in [2.24, 2.45) is 0 Å². The van der Waals surface area contributed by atoms with E-state index in [-0.39, 0.29) is 17.9 Å². The zero-order valence-electron chi connectivity index (χ0n) is 18.6. The summed E-state index contributed by atoms with van der Waals surface area (Å²) in [5.41, 5.74) is 4.40. The van der Waals surface area contributed by atoms with Crippen LogP contribution in [-0.2, 0) is 9.53 Å². The summed E-state index contributed by atoms with van der Waals surface area (Å²) < 4.78 is 4.96. The molecule has 0 aliphatic heterocycles. The van der Waals surface area contributed by atoms with E-state index in [0.717, 1.165) is 22.4 Å². The first kappa shape index (κ1) is 22.8. The van der Waals surface area contributed by atoms with Crippen LogP contribution < -0.4 is 10.2 Å². The van der Waals surface area contributed by atoms with Crippen LogP contribution >= 0.6 is 0 Å². The van der Waals surface area contributed by atoms with Gasteiger partial charge in [-0.3, -0.25) is 4.79 Å². The molecule has 32 heavy (non-hydrogen) atoms. The minimum atomic E-state index is -0.383. The van der Waals surface area contributed by atoms with Gasteiger partial charge in [0.15, 0.2) is 0 Å². The topological polar surface area (TPSA) is 58.6 Å². The van der Waals surface area contributed by atoms with Crippen LogP contribution in [0.15, 0.2) is 84.9 Å². The average Bonchev–Trinajstić information content (AvgIpc) is 2.82. The first-order valence-electron chi connectivity index (χ1n) is 10.6. The molecule has 0 aliphatic rings. The van der Waals surface area contributed by atoms with Gasteiger partial charge in [-0.2, -0.15) is 0 Å². The molecule has 0 fully saturated rings. The predicted molar refractivity (Wildman–Crippen MR) is 129 cm³/mol. The first-order chi connectivity index (χ1) is 15.5. The highest BCUT2D eigenvalue weighted by Crippen LogP contribution is 2.26. The number of hydrogen-bond donors (Lipinski definition) is 1. The van der Waals surface area contributed by atoms with Gasteiger partial charge in [-0.15, -0.1) is 0 Å². The molecule has 0 saturated heterocycles. The van der Waals surface area contributed by atoms with E-state index >= 15 is 0 Å². The molecule has 0 spiro atoms. The second kappa shape index (κ2) is 11.0. The molecule has 0 aliphatic carbocycles. The standard InChI is InChI=1S/C27H28N2O3/c1-4-32-25(30)18-13-20-9-8-12-23(19-20)26(21-14-16-24(17-15-21)29(2)3)28-27(31)22-10-6-5-7-11-22/h5-19,26H,4H2,1-3H3,(H,28,31)/b18-13+. The number of esters is 1. The molecule has 1 N–H and O–H groups in total. The maximum atomic E-state index is 13.0. The number of rotatable bonds is 8. The first-order valence-corrected chi connectivity index (χ1v) is 10.6. The Bertz CT molecular complexity index is 1070. The lowest BCUT2D eigenvalue weighted by atomic mass is 9.96. The van der Waals surface area contributed by atoms with Gasteiger partial charge in [0.1, 0.15) is 0 Å². The largest absolute Gasteiger partial charge is 0.463 e. The summed E-state index contributed by atoms with van der Waals surface area (Å²) in [6, 6.07) is 24.7. The van der Waals surface area contributed by atoms with Gasteiger partial charge in [0.05, 0.1) is 12.6 Å². The Morgan fingerprint density at radius 1 is 0.938 bits per heavy atom. The summed E-state index contributed by atoms with van der Waals surface area (Å²) in [6.07, 6.45) is 3.12. The van der Waals surface area contributed by atoms with E-state index < -0.39 is 0 Å². The third kappa shape index (κ3) is 6.08. The fourth-order valence-corrected chi connectivity index (χ4v) is 3.32. The zero-order valence-corrected chi connectivity index (χ0v) is 18.6. The molecule has 0 radical (unpaired) electrons.